The molecule has 3 nitrogen and oxygen atoms in total. The molecule has 4 aromatic rings. The van der Waals surface area contributed by atoms with Crippen molar-refractivity contribution < 1.29 is 9.21 Å². The van der Waals surface area contributed by atoms with E-state index < -0.39 is 0 Å². The number of hydrogen-bond acceptors (Lipinski definition) is 2. The Balaban J connectivity index is 1.69. The molecule has 0 bridgehead atoms. The summed E-state index contributed by atoms with van der Waals surface area (Å²) in [6, 6.07) is 23.5. The van der Waals surface area contributed by atoms with Gasteiger partial charge in [0.15, 0.2) is 0 Å². The van der Waals surface area contributed by atoms with E-state index in [1.807, 2.05) is 86.8 Å². The zero-order valence-corrected chi connectivity index (χ0v) is 14.3. The molecule has 1 atom stereocenters. The minimum absolute atomic E-state index is 0.00949. The maximum absolute atomic E-state index is 13.1. The van der Waals surface area contributed by atoms with Crippen LogP contribution in [-0.4, -0.2) is 17.9 Å². The average Bonchev–Trinajstić information content (AvgIpc) is 3.10. The van der Waals surface area contributed by atoms with Gasteiger partial charge in [0, 0.05) is 18.0 Å². The van der Waals surface area contributed by atoms with Crippen molar-refractivity contribution >= 4 is 27.6 Å². The Kier molecular flexibility index (Phi) is 3.77. The van der Waals surface area contributed by atoms with Crippen LogP contribution in [0, 0.1) is 0 Å². The first kappa shape index (κ1) is 15.5. The fraction of sp³-hybridized carbons (Fsp3) is 0.136. The van der Waals surface area contributed by atoms with Gasteiger partial charge in [0.1, 0.15) is 11.3 Å². The molecule has 3 aromatic carbocycles. The summed E-state index contributed by atoms with van der Waals surface area (Å²) >= 11 is 0. The molecule has 25 heavy (non-hydrogen) atoms. The zero-order chi connectivity index (χ0) is 17.4. The highest BCUT2D eigenvalue weighted by Gasteiger charge is 2.23. The number of carbonyl (C=O) groups is 1. The van der Waals surface area contributed by atoms with Gasteiger partial charge in [-0.1, -0.05) is 54.6 Å². The van der Waals surface area contributed by atoms with Crippen LogP contribution in [0.25, 0.3) is 21.7 Å². The highest BCUT2D eigenvalue weighted by Crippen LogP contribution is 2.28. The number of amides is 1. The summed E-state index contributed by atoms with van der Waals surface area (Å²) in [4.78, 5) is 14.8. The fourth-order valence-corrected chi connectivity index (χ4v) is 3.18. The lowest BCUT2D eigenvalue weighted by Gasteiger charge is -2.24. The summed E-state index contributed by atoms with van der Waals surface area (Å²) in [7, 11) is 1.82. The van der Waals surface area contributed by atoms with Crippen molar-refractivity contribution in [2.45, 2.75) is 13.0 Å². The van der Waals surface area contributed by atoms with E-state index in [4.69, 9.17) is 4.42 Å². The Labute approximate surface area is 146 Å². The fourth-order valence-electron chi connectivity index (χ4n) is 3.18. The molecule has 0 aliphatic carbocycles. The monoisotopic (exact) mass is 329 g/mol. The normalized spacial score (nSPS) is 12.4. The minimum Gasteiger partial charge on any atom is -0.459 e. The molecule has 0 spiro atoms. The van der Waals surface area contributed by atoms with Crippen LogP contribution in [-0.2, 0) is 0 Å². The highest BCUT2D eigenvalue weighted by atomic mass is 16.3. The van der Waals surface area contributed by atoms with Gasteiger partial charge < -0.3 is 9.32 Å². The lowest BCUT2D eigenvalue weighted by atomic mass is 10.0. The van der Waals surface area contributed by atoms with E-state index in [1.165, 1.54) is 0 Å². The van der Waals surface area contributed by atoms with E-state index in [0.717, 1.165) is 27.5 Å². The van der Waals surface area contributed by atoms with Gasteiger partial charge in [0.2, 0.25) is 0 Å². The van der Waals surface area contributed by atoms with Crippen molar-refractivity contribution in [3.05, 3.63) is 84.1 Å². The van der Waals surface area contributed by atoms with Gasteiger partial charge in [0.05, 0.1) is 6.04 Å². The van der Waals surface area contributed by atoms with E-state index in [1.54, 1.807) is 4.90 Å². The smallest absolute Gasteiger partial charge is 0.254 e. The SMILES string of the molecule is CC(c1cc2ccccc2o1)N(C)C(=O)c1cccc2ccccc12. The van der Waals surface area contributed by atoms with E-state index in [2.05, 4.69) is 0 Å². The van der Waals surface area contributed by atoms with E-state index >= 15 is 0 Å². The number of para-hydroxylation sites is 1. The van der Waals surface area contributed by atoms with Gasteiger partial charge in [-0.25, -0.2) is 0 Å². The van der Waals surface area contributed by atoms with E-state index in [0.29, 0.717) is 5.56 Å². The topological polar surface area (TPSA) is 33.5 Å². The predicted molar refractivity (Wildman–Crippen MR) is 101 cm³/mol. The van der Waals surface area contributed by atoms with Crippen LogP contribution in [0.15, 0.2) is 77.2 Å². The molecule has 1 amide bonds. The number of rotatable bonds is 3. The largest absolute Gasteiger partial charge is 0.459 e. The number of benzene rings is 3. The maximum Gasteiger partial charge on any atom is 0.254 e. The van der Waals surface area contributed by atoms with Crippen LogP contribution in [0.2, 0.25) is 0 Å². The second kappa shape index (κ2) is 6.10. The van der Waals surface area contributed by atoms with Crippen LogP contribution >= 0.6 is 0 Å². The number of fused-ring (bicyclic) bond motifs is 2. The molecule has 0 saturated heterocycles. The lowest BCUT2D eigenvalue weighted by molar-refractivity contribution is 0.0729. The summed E-state index contributed by atoms with van der Waals surface area (Å²) in [6.07, 6.45) is 0. The second-order valence-electron chi connectivity index (χ2n) is 6.31. The molecule has 0 aliphatic heterocycles. The Morgan fingerprint density at radius 3 is 2.40 bits per heavy atom. The van der Waals surface area contributed by atoms with Crippen molar-refractivity contribution in [3.63, 3.8) is 0 Å². The standard InChI is InChI=1S/C22H19NO2/c1-15(21-14-17-9-4-6-13-20(17)25-21)23(2)22(24)19-12-7-10-16-8-3-5-11-18(16)19/h3-15H,1-2H3. The number of hydrogen-bond donors (Lipinski definition) is 0. The van der Waals surface area contributed by atoms with Gasteiger partial charge in [0.25, 0.3) is 5.91 Å². The molecule has 4 rings (SSSR count). The molecule has 0 radical (unpaired) electrons. The third-order valence-electron chi connectivity index (χ3n) is 4.78. The van der Waals surface area contributed by atoms with Crippen molar-refractivity contribution in [2.24, 2.45) is 0 Å². The van der Waals surface area contributed by atoms with Crippen molar-refractivity contribution in [1.29, 1.82) is 0 Å². The molecule has 0 fully saturated rings. The molecule has 124 valence electrons. The molecule has 1 aromatic heterocycles. The third kappa shape index (κ3) is 2.68. The van der Waals surface area contributed by atoms with Gasteiger partial charge in [-0.3, -0.25) is 4.79 Å². The van der Waals surface area contributed by atoms with Crippen LogP contribution in [0.5, 0.6) is 0 Å². The van der Waals surface area contributed by atoms with Crippen LogP contribution in [0.1, 0.15) is 29.1 Å². The van der Waals surface area contributed by atoms with Gasteiger partial charge in [-0.05, 0) is 35.9 Å². The van der Waals surface area contributed by atoms with Crippen molar-refractivity contribution in [1.82, 2.24) is 4.90 Å². The molecular weight excluding hydrogens is 310 g/mol. The third-order valence-corrected chi connectivity index (χ3v) is 4.78. The first-order valence-electron chi connectivity index (χ1n) is 8.38. The maximum atomic E-state index is 13.1. The van der Waals surface area contributed by atoms with Crippen LogP contribution < -0.4 is 0 Å². The Morgan fingerprint density at radius 1 is 0.920 bits per heavy atom. The van der Waals surface area contributed by atoms with Crippen molar-refractivity contribution in [2.75, 3.05) is 7.05 Å². The second-order valence-corrected chi connectivity index (χ2v) is 6.31. The summed E-state index contributed by atoms with van der Waals surface area (Å²) in [5.74, 6) is 0.780. The summed E-state index contributed by atoms with van der Waals surface area (Å²) in [6.45, 7) is 1.99. The summed E-state index contributed by atoms with van der Waals surface area (Å²) in [5, 5.41) is 3.09. The molecule has 0 N–H and O–H groups in total. The van der Waals surface area contributed by atoms with Crippen molar-refractivity contribution in [3.8, 4) is 0 Å². The molecule has 0 aliphatic rings. The quantitative estimate of drug-likeness (QED) is 0.503. The predicted octanol–water partition coefficient (Wildman–Crippen LogP) is 5.42. The summed E-state index contributed by atoms with van der Waals surface area (Å²) < 4.78 is 5.93. The van der Waals surface area contributed by atoms with Gasteiger partial charge in [-0.15, -0.1) is 0 Å². The minimum atomic E-state index is -0.154. The molecule has 0 saturated carbocycles. The number of carbonyl (C=O) groups excluding carboxylic acids is 1. The molecular formula is C22H19NO2. The van der Waals surface area contributed by atoms with Crippen LogP contribution in [0.3, 0.4) is 0 Å². The van der Waals surface area contributed by atoms with Gasteiger partial charge >= 0.3 is 0 Å². The van der Waals surface area contributed by atoms with Crippen LogP contribution in [0.4, 0.5) is 0 Å². The van der Waals surface area contributed by atoms with E-state index in [-0.39, 0.29) is 11.9 Å². The average molecular weight is 329 g/mol. The zero-order valence-electron chi connectivity index (χ0n) is 14.3. The summed E-state index contributed by atoms with van der Waals surface area (Å²) in [5.41, 5.74) is 1.55. The number of nitrogens with zero attached hydrogens (tertiary/aromatic N) is 1. The Hall–Kier alpha value is -3.07. The number of furan rings is 1. The molecule has 3 heteroatoms. The Bertz CT molecular complexity index is 1030. The first-order chi connectivity index (χ1) is 12.1. The highest BCUT2D eigenvalue weighted by molar-refractivity contribution is 6.07. The molecule has 1 heterocycles. The first-order valence-corrected chi connectivity index (χ1v) is 8.38. The Morgan fingerprint density at radius 2 is 1.60 bits per heavy atom. The van der Waals surface area contributed by atoms with Gasteiger partial charge in [-0.2, -0.15) is 0 Å². The molecule has 1 unspecified atom stereocenters. The lowest BCUT2D eigenvalue weighted by Crippen LogP contribution is -2.29. The van der Waals surface area contributed by atoms with E-state index in [9.17, 15) is 4.79 Å².